The lowest BCUT2D eigenvalue weighted by Gasteiger charge is -1.96. The minimum Gasteiger partial charge on any atom is -0.351 e. The largest absolute Gasteiger partial charge is 0.351 e. The molecule has 0 spiro atoms. The van der Waals surface area contributed by atoms with Crippen molar-refractivity contribution in [2.24, 2.45) is 0 Å². The second-order valence-corrected chi connectivity index (χ2v) is 4.46. The molecule has 0 aliphatic heterocycles. The lowest BCUT2D eigenvalue weighted by molar-refractivity contribution is -0.119. The fraction of sp³-hybridized carbons (Fsp3) is 0.333. The van der Waals surface area contributed by atoms with Crippen LogP contribution in [0.5, 0.6) is 0 Å². The van der Waals surface area contributed by atoms with Gasteiger partial charge in [0.15, 0.2) is 5.78 Å². The number of carbonyl (C=O) groups is 2. The Labute approximate surface area is 94.6 Å². The molecule has 0 atom stereocenters. The van der Waals surface area contributed by atoms with Gasteiger partial charge in [-0.2, -0.15) is 0 Å². The van der Waals surface area contributed by atoms with Crippen molar-refractivity contribution < 1.29 is 9.59 Å². The Balaban J connectivity index is 2.59. The van der Waals surface area contributed by atoms with Crippen LogP contribution in [-0.4, -0.2) is 17.0 Å². The summed E-state index contributed by atoms with van der Waals surface area (Å²) in [5, 5.41) is 3.02. The van der Waals surface area contributed by atoms with Gasteiger partial charge in [-0.1, -0.05) is 15.9 Å². The minimum absolute atomic E-state index is 0.0632. The highest BCUT2D eigenvalue weighted by Gasteiger charge is 2.07. The maximum atomic E-state index is 11.2. The van der Waals surface area contributed by atoms with E-state index in [9.17, 15) is 9.59 Å². The SMILES string of the molecule is CC(=O)NCc1ccc(C(=O)CBr)s1. The average Bonchev–Trinajstić information content (AvgIpc) is 2.62. The molecule has 0 aliphatic rings. The predicted molar refractivity (Wildman–Crippen MR) is 60.0 cm³/mol. The normalized spacial score (nSPS) is 9.86. The number of alkyl halides is 1. The Morgan fingerprint density at radius 2 is 2.21 bits per heavy atom. The van der Waals surface area contributed by atoms with Crippen molar-refractivity contribution in [3.63, 3.8) is 0 Å². The highest BCUT2D eigenvalue weighted by Crippen LogP contribution is 2.17. The molecule has 0 fully saturated rings. The molecule has 3 nitrogen and oxygen atoms in total. The van der Waals surface area contributed by atoms with Gasteiger partial charge in [-0.05, 0) is 12.1 Å². The summed E-state index contributed by atoms with van der Waals surface area (Å²) in [6.45, 7) is 1.97. The Hall–Kier alpha value is -0.680. The molecule has 76 valence electrons. The van der Waals surface area contributed by atoms with Gasteiger partial charge in [0.2, 0.25) is 5.91 Å². The van der Waals surface area contributed by atoms with Crippen molar-refractivity contribution in [3.8, 4) is 0 Å². The summed E-state index contributed by atoms with van der Waals surface area (Å²) in [6, 6.07) is 3.64. The first-order valence-electron chi connectivity index (χ1n) is 4.06. The van der Waals surface area contributed by atoms with Gasteiger partial charge in [0.05, 0.1) is 16.8 Å². The molecule has 0 radical (unpaired) electrons. The average molecular weight is 276 g/mol. The van der Waals surface area contributed by atoms with Crippen LogP contribution in [0.2, 0.25) is 0 Å². The van der Waals surface area contributed by atoms with E-state index in [0.29, 0.717) is 11.9 Å². The summed E-state index contributed by atoms with van der Waals surface area (Å²) < 4.78 is 0. The number of hydrogen-bond donors (Lipinski definition) is 1. The van der Waals surface area contributed by atoms with E-state index in [-0.39, 0.29) is 11.7 Å². The predicted octanol–water partition coefficient (Wildman–Crippen LogP) is 1.96. The molecule has 0 bridgehead atoms. The third-order valence-corrected chi connectivity index (χ3v) is 3.20. The van der Waals surface area contributed by atoms with Crippen LogP contribution in [0.3, 0.4) is 0 Å². The Kier molecular flexibility index (Phi) is 4.28. The van der Waals surface area contributed by atoms with Gasteiger partial charge >= 0.3 is 0 Å². The summed E-state index contributed by atoms with van der Waals surface area (Å²) in [5.74, 6) is 0.0100. The first kappa shape index (κ1) is 11.4. The zero-order valence-electron chi connectivity index (χ0n) is 7.67. The molecule has 1 heterocycles. The number of carbonyl (C=O) groups excluding carboxylic acids is 2. The third-order valence-electron chi connectivity index (χ3n) is 1.57. The smallest absolute Gasteiger partial charge is 0.217 e. The molecule has 1 aromatic heterocycles. The van der Waals surface area contributed by atoms with E-state index >= 15 is 0 Å². The van der Waals surface area contributed by atoms with Crippen LogP contribution < -0.4 is 5.32 Å². The summed E-state index contributed by atoms with van der Waals surface area (Å²) in [6.07, 6.45) is 0. The monoisotopic (exact) mass is 275 g/mol. The van der Waals surface area contributed by atoms with E-state index in [1.807, 2.05) is 6.07 Å². The lowest BCUT2D eigenvalue weighted by atomic mass is 10.3. The second-order valence-electron chi connectivity index (χ2n) is 2.73. The van der Waals surface area contributed by atoms with Gasteiger partial charge in [-0.15, -0.1) is 11.3 Å². The van der Waals surface area contributed by atoms with E-state index in [0.717, 1.165) is 9.75 Å². The van der Waals surface area contributed by atoms with Crippen LogP contribution in [-0.2, 0) is 11.3 Å². The topological polar surface area (TPSA) is 46.2 Å². The highest BCUT2D eigenvalue weighted by molar-refractivity contribution is 9.09. The van der Waals surface area contributed by atoms with E-state index in [2.05, 4.69) is 21.2 Å². The number of hydrogen-bond acceptors (Lipinski definition) is 3. The fourth-order valence-corrected chi connectivity index (χ4v) is 2.27. The zero-order valence-corrected chi connectivity index (χ0v) is 10.1. The van der Waals surface area contributed by atoms with Gasteiger partial charge < -0.3 is 5.32 Å². The molecular weight excluding hydrogens is 266 g/mol. The number of halogens is 1. The molecule has 14 heavy (non-hydrogen) atoms. The minimum atomic E-state index is -0.0632. The maximum Gasteiger partial charge on any atom is 0.217 e. The van der Waals surface area contributed by atoms with Gasteiger partial charge in [0.25, 0.3) is 0 Å². The van der Waals surface area contributed by atoms with Crippen LogP contribution in [0, 0.1) is 0 Å². The van der Waals surface area contributed by atoms with Crippen LogP contribution in [0.15, 0.2) is 12.1 Å². The van der Waals surface area contributed by atoms with Crippen molar-refractivity contribution in [3.05, 3.63) is 21.9 Å². The van der Waals surface area contributed by atoms with Crippen LogP contribution in [0.4, 0.5) is 0 Å². The summed E-state index contributed by atoms with van der Waals surface area (Å²) in [4.78, 5) is 23.6. The highest BCUT2D eigenvalue weighted by atomic mass is 79.9. The van der Waals surface area contributed by atoms with Gasteiger partial charge in [-0.3, -0.25) is 9.59 Å². The first-order chi connectivity index (χ1) is 6.63. The molecule has 0 unspecified atom stereocenters. The van der Waals surface area contributed by atoms with Crippen molar-refractivity contribution in [1.82, 2.24) is 5.32 Å². The second kappa shape index (κ2) is 5.26. The van der Waals surface area contributed by atoms with Gasteiger partial charge in [0, 0.05) is 11.8 Å². The quantitative estimate of drug-likeness (QED) is 0.675. The summed E-state index contributed by atoms with van der Waals surface area (Å²) in [7, 11) is 0. The van der Waals surface area contributed by atoms with Crippen LogP contribution >= 0.6 is 27.3 Å². The third kappa shape index (κ3) is 3.23. The molecule has 0 saturated carbocycles. The standard InChI is InChI=1S/C9H10BrNO2S/c1-6(12)11-5-7-2-3-9(14-7)8(13)4-10/h2-3H,4-5H2,1H3,(H,11,12). The summed E-state index contributed by atoms with van der Waals surface area (Å²) >= 11 is 4.52. The fourth-order valence-electron chi connectivity index (χ4n) is 0.900. The molecule has 0 aromatic carbocycles. The van der Waals surface area contributed by atoms with Crippen molar-refractivity contribution in [1.29, 1.82) is 0 Å². The Bertz CT molecular complexity index is 348. The van der Waals surface area contributed by atoms with E-state index < -0.39 is 0 Å². The Morgan fingerprint density at radius 1 is 1.50 bits per heavy atom. The molecule has 5 heteroatoms. The molecule has 1 rings (SSSR count). The molecule has 1 amide bonds. The number of ketones is 1. The first-order valence-corrected chi connectivity index (χ1v) is 5.99. The number of amides is 1. The molecule has 1 aromatic rings. The van der Waals surface area contributed by atoms with Crippen LogP contribution in [0.1, 0.15) is 21.5 Å². The van der Waals surface area contributed by atoms with Crippen molar-refractivity contribution in [2.75, 3.05) is 5.33 Å². The molecule has 1 N–H and O–H groups in total. The molecule has 0 aliphatic carbocycles. The van der Waals surface area contributed by atoms with Gasteiger partial charge in [0.1, 0.15) is 0 Å². The molecular formula is C9H10BrNO2S. The maximum absolute atomic E-state index is 11.2. The number of rotatable bonds is 4. The van der Waals surface area contributed by atoms with Gasteiger partial charge in [-0.25, -0.2) is 0 Å². The van der Waals surface area contributed by atoms with E-state index in [4.69, 9.17) is 0 Å². The number of Topliss-reactive ketones (excluding diaryl/α,β-unsaturated/α-hetero) is 1. The lowest BCUT2D eigenvalue weighted by Crippen LogP contribution is -2.18. The molecule has 0 saturated heterocycles. The van der Waals surface area contributed by atoms with Crippen molar-refractivity contribution >= 4 is 39.0 Å². The summed E-state index contributed by atoms with van der Waals surface area (Å²) in [5.41, 5.74) is 0. The zero-order chi connectivity index (χ0) is 10.6. The van der Waals surface area contributed by atoms with E-state index in [1.54, 1.807) is 6.07 Å². The number of thiophene rings is 1. The van der Waals surface area contributed by atoms with E-state index in [1.165, 1.54) is 18.3 Å². The Morgan fingerprint density at radius 3 is 2.79 bits per heavy atom. The van der Waals surface area contributed by atoms with Crippen LogP contribution in [0.25, 0.3) is 0 Å². The number of nitrogens with one attached hydrogen (secondary N) is 1. The van der Waals surface area contributed by atoms with Crippen molar-refractivity contribution in [2.45, 2.75) is 13.5 Å².